The van der Waals surface area contributed by atoms with E-state index in [1.807, 2.05) is 25.8 Å². The van der Waals surface area contributed by atoms with Gasteiger partial charge in [0, 0.05) is 19.6 Å². The SMILES string of the molecule is CC.CN1CCOCC1C(=O)N1CCOCC1. The maximum atomic E-state index is 12.1. The Morgan fingerprint density at radius 3 is 2.24 bits per heavy atom. The van der Waals surface area contributed by atoms with Gasteiger partial charge in [-0.25, -0.2) is 0 Å². The summed E-state index contributed by atoms with van der Waals surface area (Å²) in [5.74, 6) is 0.181. The second kappa shape index (κ2) is 7.63. The number of morpholine rings is 2. The number of likely N-dealkylation sites (N-methyl/N-ethyl adjacent to an activating group) is 1. The average Bonchev–Trinajstić information content (AvgIpc) is 2.42. The first-order valence-electron chi connectivity index (χ1n) is 6.43. The predicted octanol–water partition coefficient (Wildman–Crippen LogP) is 0.202. The molecule has 2 aliphatic rings. The summed E-state index contributed by atoms with van der Waals surface area (Å²) in [7, 11) is 1.98. The number of nitrogens with zero attached hydrogens (tertiary/aromatic N) is 2. The van der Waals surface area contributed by atoms with Crippen LogP contribution in [-0.2, 0) is 14.3 Å². The Morgan fingerprint density at radius 2 is 1.65 bits per heavy atom. The number of hydrogen-bond acceptors (Lipinski definition) is 4. The van der Waals surface area contributed by atoms with Gasteiger partial charge in [-0.1, -0.05) is 13.8 Å². The number of ether oxygens (including phenoxy) is 2. The van der Waals surface area contributed by atoms with Crippen LogP contribution in [0.1, 0.15) is 13.8 Å². The van der Waals surface area contributed by atoms with E-state index in [2.05, 4.69) is 4.90 Å². The van der Waals surface area contributed by atoms with Gasteiger partial charge in [-0.3, -0.25) is 9.69 Å². The summed E-state index contributed by atoms with van der Waals surface area (Å²) in [6.07, 6.45) is 0. The zero-order valence-electron chi connectivity index (χ0n) is 11.1. The van der Waals surface area contributed by atoms with Gasteiger partial charge in [0.25, 0.3) is 0 Å². The fourth-order valence-electron chi connectivity index (χ4n) is 1.94. The minimum atomic E-state index is -0.100. The molecule has 1 unspecified atom stereocenters. The molecule has 2 rings (SSSR count). The average molecular weight is 244 g/mol. The Hall–Kier alpha value is -0.650. The number of amides is 1. The minimum absolute atomic E-state index is 0.100. The quantitative estimate of drug-likeness (QED) is 0.661. The summed E-state index contributed by atoms with van der Waals surface area (Å²) in [6, 6.07) is -0.100. The van der Waals surface area contributed by atoms with E-state index in [9.17, 15) is 4.79 Å². The van der Waals surface area contributed by atoms with Gasteiger partial charge in [-0.05, 0) is 7.05 Å². The highest BCUT2D eigenvalue weighted by atomic mass is 16.5. The van der Waals surface area contributed by atoms with Crippen molar-refractivity contribution in [3.63, 3.8) is 0 Å². The van der Waals surface area contributed by atoms with Crippen molar-refractivity contribution in [2.24, 2.45) is 0 Å². The first-order chi connectivity index (χ1) is 8.29. The van der Waals surface area contributed by atoms with Crippen molar-refractivity contribution in [2.75, 3.05) is 53.1 Å². The Bertz CT molecular complexity index is 230. The van der Waals surface area contributed by atoms with E-state index in [0.29, 0.717) is 32.9 Å². The first kappa shape index (κ1) is 14.4. The topological polar surface area (TPSA) is 42.0 Å². The van der Waals surface area contributed by atoms with Crippen LogP contribution in [0.3, 0.4) is 0 Å². The van der Waals surface area contributed by atoms with Crippen molar-refractivity contribution in [1.29, 1.82) is 0 Å². The second-order valence-corrected chi connectivity index (χ2v) is 4.01. The standard InChI is InChI=1S/C10H18N2O3.C2H6/c1-11-2-5-15-8-9(11)10(13)12-3-6-14-7-4-12;1-2/h9H,2-8H2,1H3;1-2H3. The van der Waals surface area contributed by atoms with Crippen molar-refractivity contribution in [3.8, 4) is 0 Å². The van der Waals surface area contributed by atoms with Crippen LogP contribution in [0.2, 0.25) is 0 Å². The van der Waals surface area contributed by atoms with Gasteiger partial charge in [-0.2, -0.15) is 0 Å². The van der Waals surface area contributed by atoms with E-state index in [0.717, 1.165) is 13.2 Å². The van der Waals surface area contributed by atoms with Crippen molar-refractivity contribution < 1.29 is 14.3 Å². The molecular weight excluding hydrogens is 220 g/mol. The van der Waals surface area contributed by atoms with Crippen molar-refractivity contribution in [3.05, 3.63) is 0 Å². The lowest BCUT2D eigenvalue weighted by atomic mass is 10.2. The van der Waals surface area contributed by atoms with E-state index in [1.165, 1.54) is 0 Å². The Kier molecular flexibility index (Phi) is 6.47. The minimum Gasteiger partial charge on any atom is -0.378 e. The molecule has 0 spiro atoms. The highest BCUT2D eigenvalue weighted by Gasteiger charge is 2.30. The summed E-state index contributed by atoms with van der Waals surface area (Å²) >= 11 is 0. The van der Waals surface area contributed by atoms with E-state index in [-0.39, 0.29) is 11.9 Å². The summed E-state index contributed by atoms with van der Waals surface area (Å²) in [6.45, 7) is 8.81. The molecular formula is C12H24N2O3. The molecule has 2 aliphatic heterocycles. The lowest BCUT2D eigenvalue weighted by Gasteiger charge is -2.36. The number of carbonyl (C=O) groups is 1. The van der Waals surface area contributed by atoms with Crippen LogP contribution in [0.4, 0.5) is 0 Å². The lowest BCUT2D eigenvalue weighted by molar-refractivity contribution is -0.146. The number of rotatable bonds is 1. The number of hydrogen-bond donors (Lipinski definition) is 0. The fraction of sp³-hybridized carbons (Fsp3) is 0.917. The largest absolute Gasteiger partial charge is 0.378 e. The van der Waals surface area contributed by atoms with E-state index in [1.54, 1.807) is 0 Å². The molecule has 2 saturated heterocycles. The van der Waals surface area contributed by atoms with Crippen molar-refractivity contribution in [1.82, 2.24) is 9.80 Å². The Labute approximate surface area is 104 Å². The fourth-order valence-corrected chi connectivity index (χ4v) is 1.94. The van der Waals surface area contributed by atoms with Crippen molar-refractivity contribution in [2.45, 2.75) is 19.9 Å². The highest BCUT2D eigenvalue weighted by Crippen LogP contribution is 2.09. The molecule has 2 heterocycles. The lowest BCUT2D eigenvalue weighted by Crippen LogP contribution is -2.55. The highest BCUT2D eigenvalue weighted by molar-refractivity contribution is 5.82. The molecule has 0 radical (unpaired) electrons. The molecule has 0 aromatic carbocycles. The molecule has 1 atom stereocenters. The van der Waals surface area contributed by atoms with Crippen LogP contribution in [0, 0.1) is 0 Å². The molecule has 0 saturated carbocycles. The molecule has 2 fully saturated rings. The predicted molar refractivity (Wildman–Crippen MR) is 66.0 cm³/mol. The Balaban J connectivity index is 0.000000686. The maximum Gasteiger partial charge on any atom is 0.242 e. The number of carbonyl (C=O) groups excluding carboxylic acids is 1. The molecule has 0 aliphatic carbocycles. The molecule has 0 aromatic heterocycles. The van der Waals surface area contributed by atoms with Crippen LogP contribution >= 0.6 is 0 Å². The third kappa shape index (κ3) is 3.94. The molecule has 1 amide bonds. The van der Waals surface area contributed by atoms with Crippen LogP contribution in [0.15, 0.2) is 0 Å². The van der Waals surface area contributed by atoms with E-state index in [4.69, 9.17) is 9.47 Å². The maximum absolute atomic E-state index is 12.1. The monoisotopic (exact) mass is 244 g/mol. The Morgan fingerprint density at radius 1 is 1.06 bits per heavy atom. The molecule has 17 heavy (non-hydrogen) atoms. The van der Waals surface area contributed by atoms with Crippen LogP contribution in [-0.4, -0.2) is 74.9 Å². The zero-order chi connectivity index (χ0) is 12.7. The van der Waals surface area contributed by atoms with Gasteiger partial charge in [-0.15, -0.1) is 0 Å². The van der Waals surface area contributed by atoms with Crippen LogP contribution < -0.4 is 0 Å². The van der Waals surface area contributed by atoms with E-state index < -0.39 is 0 Å². The van der Waals surface area contributed by atoms with Gasteiger partial charge in [0.1, 0.15) is 6.04 Å². The second-order valence-electron chi connectivity index (χ2n) is 4.01. The third-order valence-electron chi connectivity index (χ3n) is 3.00. The molecule has 0 N–H and O–H groups in total. The molecule has 5 nitrogen and oxygen atoms in total. The molecule has 0 bridgehead atoms. The summed E-state index contributed by atoms with van der Waals surface area (Å²) in [5, 5.41) is 0. The van der Waals surface area contributed by atoms with Gasteiger partial charge in [0.15, 0.2) is 0 Å². The smallest absolute Gasteiger partial charge is 0.242 e. The normalized spacial score (nSPS) is 26.1. The van der Waals surface area contributed by atoms with E-state index >= 15 is 0 Å². The van der Waals surface area contributed by atoms with Crippen LogP contribution in [0.25, 0.3) is 0 Å². The zero-order valence-corrected chi connectivity index (χ0v) is 11.1. The first-order valence-corrected chi connectivity index (χ1v) is 6.43. The molecule has 0 aromatic rings. The summed E-state index contributed by atoms with van der Waals surface area (Å²) in [4.78, 5) is 16.1. The summed E-state index contributed by atoms with van der Waals surface area (Å²) < 4.78 is 10.6. The van der Waals surface area contributed by atoms with Crippen LogP contribution in [0.5, 0.6) is 0 Å². The van der Waals surface area contributed by atoms with Gasteiger partial charge < -0.3 is 14.4 Å². The third-order valence-corrected chi connectivity index (χ3v) is 3.00. The molecule has 5 heteroatoms. The van der Waals surface area contributed by atoms with Gasteiger partial charge in [0.05, 0.1) is 26.4 Å². The van der Waals surface area contributed by atoms with Gasteiger partial charge in [0.2, 0.25) is 5.91 Å². The summed E-state index contributed by atoms with van der Waals surface area (Å²) in [5.41, 5.74) is 0. The van der Waals surface area contributed by atoms with Crippen molar-refractivity contribution >= 4 is 5.91 Å². The molecule has 100 valence electrons. The van der Waals surface area contributed by atoms with Gasteiger partial charge >= 0.3 is 0 Å².